The highest BCUT2D eigenvalue weighted by Gasteiger charge is 2.40. The summed E-state index contributed by atoms with van der Waals surface area (Å²) in [5.41, 5.74) is 0.0267. The molecule has 2 aliphatic rings. The lowest BCUT2D eigenvalue weighted by Crippen LogP contribution is -2.58. The molecule has 0 saturated carbocycles. The van der Waals surface area contributed by atoms with Crippen LogP contribution in [0.3, 0.4) is 0 Å². The van der Waals surface area contributed by atoms with Crippen LogP contribution in [0, 0.1) is 5.41 Å². The smallest absolute Gasteiger partial charge is 0.0909 e. The molecule has 2 N–H and O–H groups in total. The molecule has 0 aromatic heterocycles. The van der Waals surface area contributed by atoms with E-state index in [0.717, 1.165) is 39.1 Å². The van der Waals surface area contributed by atoms with E-state index in [-0.39, 0.29) is 0 Å². The van der Waals surface area contributed by atoms with Crippen molar-refractivity contribution in [2.75, 3.05) is 32.7 Å². The third-order valence-electron chi connectivity index (χ3n) is 3.04. The third kappa shape index (κ3) is 2.03. The van der Waals surface area contributed by atoms with Gasteiger partial charge in [-0.05, 0) is 18.4 Å². The Kier molecular flexibility index (Phi) is 2.13. The maximum absolute atomic E-state index is 10.1. The van der Waals surface area contributed by atoms with Crippen molar-refractivity contribution in [1.82, 2.24) is 10.2 Å². The number of nitrogens with one attached hydrogen (secondary N) is 1. The van der Waals surface area contributed by atoms with E-state index in [2.05, 4.69) is 24.1 Å². The van der Waals surface area contributed by atoms with E-state index in [1.807, 2.05) is 0 Å². The van der Waals surface area contributed by atoms with Crippen molar-refractivity contribution in [3.05, 3.63) is 0 Å². The van der Waals surface area contributed by atoms with E-state index in [4.69, 9.17) is 0 Å². The van der Waals surface area contributed by atoms with Crippen LogP contribution < -0.4 is 5.32 Å². The number of aliphatic hydroxyl groups is 1. The van der Waals surface area contributed by atoms with Crippen LogP contribution in [-0.2, 0) is 0 Å². The van der Waals surface area contributed by atoms with Gasteiger partial charge in [0.05, 0.1) is 5.60 Å². The van der Waals surface area contributed by atoms with Gasteiger partial charge in [-0.25, -0.2) is 0 Å². The number of hydrogen-bond donors (Lipinski definition) is 2. The van der Waals surface area contributed by atoms with E-state index in [0.29, 0.717) is 5.41 Å². The molecule has 0 aromatic rings. The molecule has 0 amide bonds. The molecule has 1 unspecified atom stereocenters. The monoisotopic (exact) mass is 184 g/mol. The highest BCUT2D eigenvalue weighted by atomic mass is 16.3. The number of likely N-dealkylation sites (tertiary alicyclic amines) is 1. The molecular weight excluding hydrogens is 164 g/mol. The summed E-state index contributed by atoms with van der Waals surface area (Å²) < 4.78 is 0. The summed E-state index contributed by atoms with van der Waals surface area (Å²) in [6, 6.07) is 0. The van der Waals surface area contributed by atoms with Crippen LogP contribution in [0.15, 0.2) is 0 Å². The molecule has 0 aliphatic carbocycles. The van der Waals surface area contributed by atoms with Crippen molar-refractivity contribution in [3.8, 4) is 0 Å². The second kappa shape index (κ2) is 2.94. The molecule has 0 radical (unpaired) electrons. The van der Waals surface area contributed by atoms with Gasteiger partial charge in [0.1, 0.15) is 0 Å². The summed E-state index contributed by atoms with van der Waals surface area (Å²) in [7, 11) is 0. The lowest BCUT2D eigenvalue weighted by atomic mass is 9.83. The van der Waals surface area contributed by atoms with Gasteiger partial charge in [-0.3, -0.25) is 4.90 Å². The molecule has 2 fully saturated rings. The van der Waals surface area contributed by atoms with E-state index in [1.54, 1.807) is 0 Å². The summed E-state index contributed by atoms with van der Waals surface area (Å²) in [6.45, 7) is 9.41. The Morgan fingerprint density at radius 3 is 2.54 bits per heavy atom. The summed E-state index contributed by atoms with van der Waals surface area (Å²) in [5, 5.41) is 13.3. The summed E-state index contributed by atoms with van der Waals surface area (Å²) >= 11 is 0. The predicted octanol–water partition coefficient (Wildman–Crippen LogP) is 0.0526. The van der Waals surface area contributed by atoms with Gasteiger partial charge >= 0.3 is 0 Å². The SMILES string of the molecule is CC1(C)CN(CC2(O)CCNC2)C1. The molecule has 2 aliphatic heterocycles. The van der Waals surface area contributed by atoms with E-state index >= 15 is 0 Å². The molecule has 0 bridgehead atoms. The minimum absolute atomic E-state index is 0.448. The summed E-state index contributed by atoms with van der Waals surface area (Å²) in [6.07, 6.45) is 0.907. The molecule has 13 heavy (non-hydrogen) atoms. The van der Waals surface area contributed by atoms with Gasteiger partial charge in [0.2, 0.25) is 0 Å². The lowest BCUT2D eigenvalue weighted by Gasteiger charge is -2.48. The van der Waals surface area contributed by atoms with Gasteiger partial charge in [0, 0.05) is 26.2 Å². The fourth-order valence-electron chi connectivity index (χ4n) is 2.56. The molecule has 0 spiro atoms. The van der Waals surface area contributed by atoms with Gasteiger partial charge < -0.3 is 10.4 Å². The van der Waals surface area contributed by atoms with Crippen molar-refractivity contribution in [1.29, 1.82) is 0 Å². The fraction of sp³-hybridized carbons (Fsp3) is 1.00. The number of rotatable bonds is 2. The van der Waals surface area contributed by atoms with Crippen LogP contribution in [0.4, 0.5) is 0 Å². The Morgan fingerprint density at radius 1 is 1.38 bits per heavy atom. The van der Waals surface area contributed by atoms with Crippen LogP contribution in [0.25, 0.3) is 0 Å². The average molecular weight is 184 g/mol. The van der Waals surface area contributed by atoms with Gasteiger partial charge in [0.25, 0.3) is 0 Å². The van der Waals surface area contributed by atoms with Crippen LogP contribution in [0.1, 0.15) is 20.3 Å². The molecule has 3 nitrogen and oxygen atoms in total. The first-order chi connectivity index (χ1) is 5.99. The number of β-amino-alcohol motifs (C(OH)–C–C–N with tert-alkyl or cyclic N) is 1. The van der Waals surface area contributed by atoms with Crippen molar-refractivity contribution in [2.24, 2.45) is 5.41 Å². The largest absolute Gasteiger partial charge is 0.387 e. The summed E-state index contributed by atoms with van der Waals surface area (Å²) in [5.74, 6) is 0. The van der Waals surface area contributed by atoms with Gasteiger partial charge in [-0.15, -0.1) is 0 Å². The predicted molar refractivity (Wildman–Crippen MR) is 52.7 cm³/mol. The van der Waals surface area contributed by atoms with E-state index in [1.165, 1.54) is 0 Å². The average Bonchev–Trinajstić information content (AvgIpc) is 2.32. The maximum atomic E-state index is 10.1. The first kappa shape index (κ1) is 9.44. The van der Waals surface area contributed by atoms with Gasteiger partial charge in [-0.2, -0.15) is 0 Å². The molecule has 0 aromatic carbocycles. The minimum atomic E-state index is -0.448. The zero-order chi connectivity index (χ0) is 9.53. The Morgan fingerprint density at radius 2 is 2.08 bits per heavy atom. The standard InChI is InChI=1S/C10H20N2O/c1-9(2)6-12(7-9)8-10(13)3-4-11-5-10/h11,13H,3-8H2,1-2H3. The molecular formula is C10H20N2O. The fourth-order valence-corrected chi connectivity index (χ4v) is 2.56. The highest BCUT2D eigenvalue weighted by Crippen LogP contribution is 2.30. The van der Waals surface area contributed by atoms with Crippen LogP contribution in [0.5, 0.6) is 0 Å². The topological polar surface area (TPSA) is 35.5 Å². The van der Waals surface area contributed by atoms with Crippen LogP contribution >= 0.6 is 0 Å². The normalized spacial score (nSPS) is 39.0. The maximum Gasteiger partial charge on any atom is 0.0909 e. The number of nitrogens with zero attached hydrogens (tertiary/aromatic N) is 1. The third-order valence-corrected chi connectivity index (χ3v) is 3.04. The first-order valence-corrected chi connectivity index (χ1v) is 5.15. The van der Waals surface area contributed by atoms with Crippen molar-refractivity contribution >= 4 is 0 Å². The van der Waals surface area contributed by atoms with Gasteiger partial charge in [0.15, 0.2) is 0 Å². The zero-order valence-corrected chi connectivity index (χ0v) is 8.64. The Labute approximate surface area is 80.1 Å². The zero-order valence-electron chi connectivity index (χ0n) is 8.64. The second-order valence-electron chi connectivity index (χ2n) is 5.46. The van der Waals surface area contributed by atoms with Crippen molar-refractivity contribution < 1.29 is 5.11 Å². The number of hydrogen-bond acceptors (Lipinski definition) is 3. The van der Waals surface area contributed by atoms with E-state index < -0.39 is 5.60 Å². The molecule has 2 saturated heterocycles. The molecule has 76 valence electrons. The Hall–Kier alpha value is -0.120. The second-order valence-corrected chi connectivity index (χ2v) is 5.46. The Bertz CT molecular complexity index is 189. The van der Waals surface area contributed by atoms with Crippen molar-refractivity contribution in [3.63, 3.8) is 0 Å². The van der Waals surface area contributed by atoms with Crippen LogP contribution in [0.2, 0.25) is 0 Å². The highest BCUT2D eigenvalue weighted by molar-refractivity contribution is 4.96. The molecule has 2 heterocycles. The molecule has 1 atom stereocenters. The minimum Gasteiger partial charge on any atom is -0.387 e. The quantitative estimate of drug-likeness (QED) is 0.636. The van der Waals surface area contributed by atoms with Gasteiger partial charge in [-0.1, -0.05) is 13.8 Å². The first-order valence-electron chi connectivity index (χ1n) is 5.15. The van der Waals surface area contributed by atoms with Crippen LogP contribution in [-0.4, -0.2) is 48.3 Å². The van der Waals surface area contributed by atoms with Crippen molar-refractivity contribution in [2.45, 2.75) is 25.9 Å². The molecule has 3 heteroatoms. The Balaban J connectivity index is 1.79. The lowest BCUT2D eigenvalue weighted by molar-refractivity contribution is -0.0454. The summed E-state index contributed by atoms with van der Waals surface area (Å²) in [4.78, 5) is 2.35. The molecule has 2 rings (SSSR count). The van der Waals surface area contributed by atoms with E-state index in [9.17, 15) is 5.11 Å².